The quantitative estimate of drug-likeness (QED) is 0.585. The van der Waals surface area contributed by atoms with Crippen molar-refractivity contribution in [3.05, 3.63) is 69.9 Å². The first-order valence-corrected chi connectivity index (χ1v) is 10.0. The topological polar surface area (TPSA) is 87.7 Å². The molecule has 148 valence electrons. The maximum absolute atomic E-state index is 12.6. The Labute approximate surface area is 172 Å². The number of thiophene rings is 1. The molecular formula is C22H20N2O4S. The predicted octanol–water partition coefficient (Wildman–Crippen LogP) is 4.67. The highest BCUT2D eigenvalue weighted by molar-refractivity contribution is 7.12. The van der Waals surface area contributed by atoms with Crippen LogP contribution in [0.3, 0.4) is 0 Å². The van der Waals surface area contributed by atoms with Crippen LogP contribution in [0.1, 0.15) is 39.4 Å². The maximum atomic E-state index is 12.6. The Morgan fingerprint density at radius 2 is 1.66 bits per heavy atom. The zero-order valence-electron chi connectivity index (χ0n) is 16.0. The highest BCUT2D eigenvalue weighted by Gasteiger charge is 2.33. The summed E-state index contributed by atoms with van der Waals surface area (Å²) in [5, 5.41) is 17.9. The molecule has 7 heteroatoms. The summed E-state index contributed by atoms with van der Waals surface area (Å²) in [6.07, 6.45) is 0.677. The molecule has 1 aromatic heterocycles. The Morgan fingerprint density at radius 3 is 2.28 bits per heavy atom. The molecule has 1 aliphatic rings. The van der Waals surface area contributed by atoms with Gasteiger partial charge in [-0.25, -0.2) is 0 Å². The molecule has 4 rings (SSSR count). The van der Waals surface area contributed by atoms with Gasteiger partial charge in [0.1, 0.15) is 5.60 Å². The molecular weight excluding hydrogens is 388 g/mol. The molecule has 0 saturated carbocycles. The van der Waals surface area contributed by atoms with Gasteiger partial charge in [0.25, 0.3) is 11.8 Å². The molecule has 0 unspecified atom stereocenters. The number of rotatable bonds is 4. The molecule has 2 aromatic carbocycles. The Morgan fingerprint density at radius 1 is 1.00 bits per heavy atom. The number of phenolic OH excluding ortho intramolecular Hbond substituents is 1. The highest BCUT2D eigenvalue weighted by atomic mass is 32.1. The summed E-state index contributed by atoms with van der Waals surface area (Å²) in [5.74, 6) is -0.392. The number of amides is 2. The molecule has 0 radical (unpaired) electrons. The van der Waals surface area contributed by atoms with E-state index in [1.165, 1.54) is 11.3 Å². The van der Waals surface area contributed by atoms with Gasteiger partial charge in [-0.3, -0.25) is 9.59 Å². The number of phenols is 1. The maximum Gasteiger partial charge on any atom is 0.265 e. The van der Waals surface area contributed by atoms with Crippen molar-refractivity contribution in [2.45, 2.75) is 25.9 Å². The lowest BCUT2D eigenvalue weighted by Crippen LogP contribution is -2.24. The van der Waals surface area contributed by atoms with Crippen molar-refractivity contribution in [3.8, 4) is 11.5 Å². The van der Waals surface area contributed by atoms with Gasteiger partial charge >= 0.3 is 0 Å². The minimum Gasteiger partial charge on any atom is -0.504 e. The van der Waals surface area contributed by atoms with Gasteiger partial charge in [-0.15, -0.1) is 11.3 Å². The number of benzene rings is 2. The average molecular weight is 408 g/mol. The standard InChI is InChI=1S/C22H20N2O4S/c1-22(2)12-13-5-10-16(18(25)19(13)28-22)20(26)23-14-6-8-15(9-7-14)24-21(27)17-4-3-11-29-17/h3-11,25H,12H2,1-2H3,(H,23,26)(H,24,27). The van der Waals surface area contributed by atoms with Gasteiger partial charge in [-0.05, 0) is 55.6 Å². The number of fused-ring (bicyclic) bond motifs is 1. The lowest BCUT2D eigenvalue weighted by molar-refractivity contribution is 0.101. The van der Waals surface area contributed by atoms with E-state index in [4.69, 9.17) is 4.74 Å². The van der Waals surface area contributed by atoms with E-state index in [0.717, 1.165) is 5.56 Å². The van der Waals surface area contributed by atoms with Crippen molar-refractivity contribution < 1.29 is 19.4 Å². The minimum atomic E-state index is -0.436. The van der Waals surface area contributed by atoms with Crippen molar-refractivity contribution in [2.75, 3.05) is 10.6 Å². The van der Waals surface area contributed by atoms with Gasteiger partial charge < -0.3 is 20.5 Å². The largest absolute Gasteiger partial charge is 0.504 e. The molecule has 1 aliphatic heterocycles. The van der Waals surface area contributed by atoms with Crippen LogP contribution in [0.2, 0.25) is 0 Å². The van der Waals surface area contributed by atoms with E-state index in [2.05, 4.69) is 10.6 Å². The number of anilines is 2. The fourth-order valence-electron chi connectivity index (χ4n) is 3.26. The van der Waals surface area contributed by atoms with Gasteiger partial charge in [-0.1, -0.05) is 12.1 Å². The number of nitrogens with one attached hydrogen (secondary N) is 2. The predicted molar refractivity (Wildman–Crippen MR) is 113 cm³/mol. The third-order valence-corrected chi connectivity index (χ3v) is 5.47. The lowest BCUT2D eigenvalue weighted by Gasteiger charge is -2.17. The van der Waals surface area contributed by atoms with E-state index in [9.17, 15) is 14.7 Å². The summed E-state index contributed by atoms with van der Waals surface area (Å²) >= 11 is 1.37. The number of ether oxygens (including phenoxy) is 1. The van der Waals surface area contributed by atoms with Crippen LogP contribution in [0.5, 0.6) is 11.5 Å². The van der Waals surface area contributed by atoms with Crippen LogP contribution in [-0.2, 0) is 6.42 Å². The first-order valence-electron chi connectivity index (χ1n) is 9.12. The molecule has 3 aromatic rings. The molecule has 0 fully saturated rings. The molecule has 2 heterocycles. The normalized spacial score (nSPS) is 14.0. The SMILES string of the molecule is CC1(C)Cc2ccc(C(=O)Nc3ccc(NC(=O)c4cccs4)cc3)c(O)c2O1. The second-order valence-corrected chi connectivity index (χ2v) is 8.40. The number of carbonyl (C=O) groups excluding carboxylic acids is 2. The number of hydrogen-bond donors (Lipinski definition) is 3. The van der Waals surface area contributed by atoms with Crippen LogP contribution < -0.4 is 15.4 Å². The summed E-state index contributed by atoms with van der Waals surface area (Å²) < 4.78 is 5.78. The summed E-state index contributed by atoms with van der Waals surface area (Å²) in [4.78, 5) is 25.3. The van der Waals surface area contributed by atoms with Crippen molar-refractivity contribution in [3.63, 3.8) is 0 Å². The first-order chi connectivity index (χ1) is 13.8. The van der Waals surface area contributed by atoms with Gasteiger partial charge in [0.15, 0.2) is 11.5 Å². The van der Waals surface area contributed by atoms with Crippen LogP contribution in [0.4, 0.5) is 11.4 Å². The average Bonchev–Trinajstić information content (AvgIpc) is 3.31. The van der Waals surface area contributed by atoms with E-state index < -0.39 is 11.5 Å². The van der Waals surface area contributed by atoms with Crippen molar-refractivity contribution in [1.82, 2.24) is 0 Å². The minimum absolute atomic E-state index is 0.148. The van der Waals surface area contributed by atoms with Gasteiger partial charge in [0, 0.05) is 23.4 Å². The molecule has 6 nitrogen and oxygen atoms in total. The lowest BCUT2D eigenvalue weighted by atomic mass is 10.0. The summed E-state index contributed by atoms with van der Waals surface area (Å²) in [6.45, 7) is 3.87. The first kappa shape index (κ1) is 19.0. The third-order valence-electron chi connectivity index (χ3n) is 4.60. The van der Waals surface area contributed by atoms with Crippen LogP contribution in [0.25, 0.3) is 0 Å². The van der Waals surface area contributed by atoms with E-state index in [-0.39, 0.29) is 17.2 Å². The van der Waals surface area contributed by atoms with Crippen LogP contribution in [0.15, 0.2) is 53.9 Å². The zero-order chi connectivity index (χ0) is 20.6. The highest BCUT2D eigenvalue weighted by Crippen LogP contribution is 2.43. The van der Waals surface area contributed by atoms with Crippen molar-refractivity contribution >= 4 is 34.5 Å². The van der Waals surface area contributed by atoms with Crippen LogP contribution in [-0.4, -0.2) is 22.5 Å². The van der Waals surface area contributed by atoms with Crippen LogP contribution in [0, 0.1) is 0 Å². The second kappa shape index (κ2) is 7.25. The fraction of sp³-hybridized carbons (Fsp3) is 0.182. The van der Waals surface area contributed by atoms with E-state index in [1.807, 2.05) is 31.4 Å². The molecule has 0 saturated heterocycles. The van der Waals surface area contributed by atoms with Gasteiger partial charge in [0.2, 0.25) is 0 Å². The smallest absolute Gasteiger partial charge is 0.265 e. The number of carbonyl (C=O) groups is 2. The van der Waals surface area contributed by atoms with Crippen molar-refractivity contribution in [2.24, 2.45) is 0 Å². The zero-order valence-corrected chi connectivity index (χ0v) is 16.8. The molecule has 0 atom stereocenters. The summed E-state index contributed by atoms with van der Waals surface area (Å²) in [7, 11) is 0. The third kappa shape index (κ3) is 3.95. The monoisotopic (exact) mass is 408 g/mol. The molecule has 0 bridgehead atoms. The Balaban J connectivity index is 1.45. The molecule has 0 spiro atoms. The van der Waals surface area contributed by atoms with Crippen molar-refractivity contribution in [1.29, 1.82) is 0 Å². The Bertz CT molecular complexity index is 1070. The number of aromatic hydroxyl groups is 1. The van der Waals surface area contributed by atoms with E-state index in [1.54, 1.807) is 36.4 Å². The fourth-order valence-corrected chi connectivity index (χ4v) is 3.88. The molecule has 0 aliphatic carbocycles. The molecule has 2 amide bonds. The summed E-state index contributed by atoms with van der Waals surface area (Å²) in [5.41, 5.74) is 1.80. The summed E-state index contributed by atoms with van der Waals surface area (Å²) in [6, 6.07) is 13.8. The van der Waals surface area contributed by atoms with Gasteiger partial charge in [-0.2, -0.15) is 0 Å². The second-order valence-electron chi connectivity index (χ2n) is 7.45. The van der Waals surface area contributed by atoms with Crippen LogP contribution >= 0.6 is 11.3 Å². The van der Waals surface area contributed by atoms with E-state index in [0.29, 0.717) is 28.4 Å². The van der Waals surface area contributed by atoms with E-state index >= 15 is 0 Å². The molecule has 3 N–H and O–H groups in total. The number of hydrogen-bond acceptors (Lipinski definition) is 5. The van der Waals surface area contributed by atoms with Gasteiger partial charge in [0.05, 0.1) is 10.4 Å². The molecule has 29 heavy (non-hydrogen) atoms. The Hall–Kier alpha value is -3.32. The Kier molecular flexibility index (Phi) is 4.76.